The molecule has 0 aliphatic heterocycles. The second kappa shape index (κ2) is 5.43. The summed E-state index contributed by atoms with van der Waals surface area (Å²) in [5.41, 5.74) is 4.54. The summed E-state index contributed by atoms with van der Waals surface area (Å²) in [4.78, 5) is 13.0. The van der Waals surface area contributed by atoms with Gasteiger partial charge in [0.1, 0.15) is 0 Å². The second-order valence-electron chi connectivity index (χ2n) is 4.50. The van der Waals surface area contributed by atoms with Crippen LogP contribution in [-0.2, 0) is 6.54 Å². The highest BCUT2D eigenvalue weighted by molar-refractivity contribution is 6.32. The summed E-state index contributed by atoms with van der Waals surface area (Å²) < 4.78 is 0. The van der Waals surface area contributed by atoms with Crippen molar-refractivity contribution >= 4 is 28.3 Å². The van der Waals surface area contributed by atoms with E-state index in [1.807, 2.05) is 37.3 Å². The van der Waals surface area contributed by atoms with E-state index in [1.54, 1.807) is 12.4 Å². The lowest BCUT2D eigenvalue weighted by Crippen LogP contribution is -2.05. The average Bonchev–Trinajstić information content (AvgIpc) is 2.46. The molecule has 1 aromatic carbocycles. The van der Waals surface area contributed by atoms with Gasteiger partial charge in [-0.15, -0.1) is 0 Å². The molecule has 20 heavy (non-hydrogen) atoms. The molecule has 2 aromatic heterocycles. The summed E-state index contributed by atoms with van der Waals surface area (Å²) in [5.74, 6) is 0. The van der Waals surface area contributed by atoms with Crippen molar-refractivity contribution in [3.05, 3.63) is 59.1 Å². The molecule has 3 rings (SSSR count). The third-order valence-electron chi connectivity index (χ3n) is 3.06. The van der Waals surface area contributed by atoms with E-state index in [0.29, 0.717) is 11.7 Å². The fourth-order valence-corrected chi connectivity index (χ4v) is 2.27. The van der Waals surface area contributed by atoms with Gasteiger partial charge >= 0.3 is 0 Å². The number of nitrogens with zero attached hydrogens (tertiary/aromatic N) is 3. The first kappa shape index (κ1) is 12.8. The smallest absolute Gasteiger partial charge is 0.152 e. The molecule has 1 N–H and O–H groups in total. The van der Waals surface area contributed by atoms with E-state index in [9.17, 15) is 0 Å². The number of hydrogen-bond acceptors (Lipinski definition) is 4. The molecule has 4 nitrogen and oxygen atoms in total. The highest BCUT2D eigenvalue weighted by Gasteiger charge is 2.05. The van der Waals surface area contributed by atoms with E-state index in [4.69, 9.17) is 11.6 Å². The molecule has 3 aromatic rings. The van der Waals surface area contributed by atoms with Crippen molar-refractivity contribution in [1.29, 1.82) is 0 Å². The number of fused-ring (bicyclic) bond motifs is 1. The minimum atomic E-state index is 0.471. The number of aromatic nitrogens is 3. The number of halogens is 1. The van der Waals surface area contributed by atoms with Crippen molar-refractivity contribution in [2.24, 2.45) is 0 Å². The standard InChI is InChI=1S/C15H13ClN4/c1-10-6-7-17-15(16)14(10)19-9-11-8-18-12-4-2-3-5-13(12)20-11/h2-8,19H,9H2,1H3. The van der Waals surface area contributed by atoms with Crippen LogP contribution in [-0.4, -0.2) is 15.0 Å². The monoisotopic (exact) mass is 284 g/mol. The molecule has 0 amide bonds. The zero-order valence-electron chi connectivity index (χ0n) is 11.0. The predicted molar refractivity (Wildman–Crippen MR) is 80.8 cm³/mol. The lowest BCUT2D eigenvalue weighted by Gasteiger charge is -2.10. The van der Waals surface area contributed by atoms with Crippen LogP contribution in [0.15, 0.2) is 42.7 Å². The molecule has 0 saturated heterocycles. The van der Waals surface area contributed by atoms with Crippen LogP contribution in [0.3, 0.4) is 0 Å². The highest BCUT2D eigenvalue weighted by Crippen LogP contribution is 2.23. The van der Waals surface area contributed by atoms with Gasteiger partial charge in [0.15, 0.2) is 5.15 Å². The summed E-state index contributed by atoms with van der Waals surface area (Å²) in [6, 6.07) is 9.72. The fourth-order valence-electron chi connectivity index (χ4n) is 2.00. The Morgan fingerprint density at radius 2 is 1.90 bits per heavy atom. The molecule has 0 fully saturated rings. The van der Waals surface area contributed by atoms with Crippen LogP contribution in [0.4, 0.5) is 5.69 Å². The first-order chi connectivity index (χ1) is 9.74. The van der Waals surface area contributed by atoms with E-state index in [-0.39, 0.29) is 0 Å². The number of pyridine rings is 1. The van der Waals surface area contributed by atoms with Crippen LogP contribution in [0.25, 0.3) is 11.0 Å². The zero-order chi connectivity index (χ0) is 13.9. The van der Waals surface area contributed by atoms with Gasteiger partial charge in [0.05, 0.1) is 35.2 Å². The summed E-state index contributed by atoms with van der Waals surface area (Å²) in [6.45, 7) is 2.55. The van der Waals surface area contributed by atoms with Crippen LogP contribution >= 0.6 is 11.6 Å². The summed E-state index contributed by atoms with van der Waals surface area (Å²) in [5, 5.41) is 3.74. The quantitative estimate of drug-likeness (QED) is 0.747. The molecule has 0 saturated carbocycles. The molecule has 0 spiro atoms. The van der Waals surface area contributed by atoms with Crippen molar-refractivity contribution in [3.8, 4) is 0 Å². The van der Waals surface area contributed by atoms with Crippen LogP contribution in [0.5, 0.6) is 0 Å². The van der Waals surface area contributed by atoms with Crippen molar-refractivity contribution in [2.45, 2.75) is 13.5 Å². The van der Waals surface area contributed by atoms with Crippen molar-refractivity contribution < 1.29 is 0 Å². The highest BCUT2D eigenvalue weighted by atomic mass is 35.5. The fraction of sp³-hybridized carbons (Fsp3) is 0.133. The van der Waals surface area contributed by atoms with E-state index in [1.165, 1.54) is 0 Å². The Balaban J connectivity index is 1.83. The maximum absolute atomic E-state index is 6.08. The van der Waals surface area contributed by atoms with Gasteiger partial charge in [0, 0.05) is 6.20 Å². The van der Waals surface area contributed by atoms with Crippen molar-refractivity contribution in [3.63, 3.8) is 0 Å². The summed E-state index contributed by atoms with van der Waals surface area (Å²) in [6.07, 6.45) is 3.47. The molecule has 0 atom stereocenters. The number of rotatable bonds is 3. The molecule has 0 bridgehead atoms. The van der Waals surface area contributed by atoms with E-state index in [2.05, 4.69) is 20.3 Å². The molecule has 2 heterocycles. The number of anilines is 1. The molecular formula is C15H13ClN4. The van der Waals surface area contributed by atoms with Crippen LogP contribution in [0, 0.1) is 6.92 Å². The van der Waals surface area contributed by atoms with Gasteiger partial charge in [-0.1, -0.05) is 23.7 Å². The number of aryl methyl sites for hydroxylation is 1. The van der Waals surface area contributed by atoms with Gasteiger partial charge < -0.3 is 5.32 Å². The second-order valence-corrected chi connectivity index (χ2v) is 4.86. The lowest BCUT2D eigenvalue weighted by atomic mass is 10.2. The number of nitrogens with one attached hydrogen (secondary N) is 1. The van der Waals surface area contributed by atoms with Crippen molar-refractivity contribution in [2.75, 3.05) is 5.32 Å². The largest absolute Gasteiger partial charge is 0.377 e. The van der Waals surface area contributed by atoms with Gasteiger partial charge in [-0.25, -0.2) is 9.97 Å². The van der Waals surface area contributed by atoms with Crippen LogP contribution in [0.2, 0.25) is 5.15 Å². The number of hydrogen-bond donors (Lipinski definition) is 1. The van der Waals surface area contributed by atoms with Gasteiger partial charge in [0.25, 0.3) is 0 Å². The molecule has 0 aliphatic carbocycles. The molecular weight excluding hydrogens is 272 g/mol. The van der Waals surface area contributed by atoms with Gasteiger partial charge in [-0.3, -0.25) is 4.98 Å². The molecule has 5 heteroatoms. The van der Waals surface area contributed by atoms with Gasteiger partial charge in [0.2, 0.25) is 0 Å². The Morgan fingerprint density at radius 3 is 2.70 bits per heavy atom. The Labute approximate surface area is 121 Å². The number of benzene rings is 1. The summed E-state index contributed by atoms with van der Waals surface area (Å²) in [7, 11) is 0. The minimum Gasteiger partial charge on any atom is -0.377 e. The predicted octanol–water partition coefficient (Wildman–Crippen LogP) is 3.60. The number of para-hydroxylation sites is 2. The Kier molecular flexibility index (Phi) is 3.48. The first-order valence-electron chi connectivity index (χ1n) is 6.29. The Hall–Kier alpha value is -2.20. The van der Waals surface area contributed by atoms with Crippen molar-refractivity contribution in [1.82, 2.24) is 15.0 Å². The molecule has 0 aliphatic rings. The maximum Gasteiger partial charge on any atom is 0.152 e. The van der Waals surface area contributed by atoms with E-state index < -0.39 is 0 Å². The normalized spacial score (nSPS) is 10.7. The zero-order valence-corrected chi connectivity index (χ0v) is 11.7. The maximum atomic E-state index is 6.08. The topological polar surface area (TPSA) is 50.7 Å². The Bertz CT molecular complexity index is 737. The van der Waals surface area contributed by atoms with Gasteiger partial charge in [-0.05, 0) is 30.7 Å². The summed E-state index contributed by atoms with van der Waals surface area (Å²) >= 11 is 6.08. The lowest BCUT2D eigenvalue weighted by molar-refractivity contribution is 1.03. The average molecular weight is 285 g/mol. The third kappa shape index (κ3) is 2.56. The molecule has 0 unspecified atom stereocenters. The molecule has 0 radical (unpaired) electrons. The molecule has 100 valence electrons. The van der Waals surface area contributed by atoms with E-state index >= 15 is 0 Å². The third-order valence-corrected chi connectivity index (χ3v) is 3.34. The minimum absolute atomic E-state index is 0.471. The Morgan fingerprint density at radius 1 is 1.10 bits per heavy atom. The van der Waals surface area contributed by atoms with Crippen LogP contribution < -0.4 is 5.32 Å². The van der Waals surface area contributed by atoms with Gasteiger partial charge in [-0.2, -0.15) is 0 Å². The first-order valence-corrected chi connectivity index (χ1v) is 6.67. The SMILES string of the molecule is Cc1ccnc(Cl)c1NCc1cnc2ccccc2n1. The van der Waals surface area contributed by atoms with E-state index in [0.717, 1.165) is 28.0 Å². The van der Waals surface area contributed by atoms with Crippen LogP contribution in [0.1, 0.15) is 11.3 Å².